The molecule has 2 rings (SSSR count). The SMILES string of the molecule is CN(C)C(=O)N(Cc1cccnc1)c1cccc(Cl)c1. The van der Waals surface area contributed by atoms with Crippen LogP contribution in [0.1, 0.15) is 5.56 Å². The van der Waals surface area contributed by atoms with Gasteiger partial charge in [-0.05, 0) is 29.8 Å². The van der Waals surface area contributed by atoms with Gasteiger partial charge in [-0.1, -0.05) is 23.7 Å². The van der Waals surface area contributed by atoms with Gasteiger partial charge in [0.05, 0.1) is 6.54 Å². The number of pyridine rings is 1. The Labute approximate surface area is 123 Å². The Morgan fingerprint density at radius 1 is 1.25 bits per heavy atom. The van der Waals surface area contributed by atoms with Gasteiger partial charge in [0.25, 0.3) is 0 Å². The zero-order valence-corrected chi connectivity index (χ0v) is 12.2. The molecule has 2 aromatic rings. The standard InChI is InChI=1S/C15H16ClN3O/c1-18(2)15(20)19(11-12-5-4-8-17-10-12)14-7-3-6-13(16)9-14/h3-10H,11H2,1-2H3. The Morgan fingerprint density at radius 3 is 2.65 bits per heavy atom. The fourth-order valence-corrected chi connectivity index (χ4v) is 2.01. The van der Waals surface area contributed by atoms with Gasteiger partial charge in [-0.25, -0.2) is 4.79 Å². The Kier molecular flexibility index (Phi) is 4.58. The van der Waals surface area contributed by atoms with Crippen molar-refractivity contribution in [1.82, 2.24) is 9.88 Å². The molecule has 0 atom stereocenters. The van der Waals surface area contributed by atoms with Crippen LogP contribution in [-0.2, 0) is 6.54 Å². The maximum Gasteiger partial charge on any atom is 0.324 e. The number of urea groups is 1. The van der Waals surface area contributed by atoms with E-state index in [4.69, 9.17) is 11.6 Å². The monoisotopic (exact) mass is 289 g/mol. The van der Waals surface area contributed by atoms with Crippen molar-refractivity contribution in [2.45, 2.75) is 6.54 Å². The number of halogens is 1. The normalized spacial score (nSPS) is 10.2. The Balaban J connectivity index is 2.32. The molecule has 0 saturated carbocycles. The van der Waals surface area contributed by atoms with Crippen LogP contribution in [0.4, 0.5) is 10.5 Å². The zero-order valence-electron chi connectivity index (χ0n) is 11.5. The molecule has 0 aliphatic rings. The van der Waals surface area contributed by atoms with Crippen LogP contribution < -0.4 is 4.90 Å². The molecule has 0 radical (unpaired) electrons. The van der Waals surface area contributed by atoms with E-state index >= 15 is 0 Å². The number of benzene rings is 1. The minimum Gasteiger partial charge on any atom is -0.330 e. The molecular formula is C15H16ClN3O. The second-order valence-electron chi connectivity index (χ2n) is 4.60. The van der Waals surface area contributed by atoms with E-state index < -0.39 is 0 Å². The van der Waals surface area contributed by atoms with E-state index in [0.717, 1.165) is 11.3 Å². The lowest BCUT2D eigenvalue weighted by Gasteiger charge is -2.26. The summed E-state index contributed by atoms with van der Waals surface area (Å²) in [7, 11) is 3.45. The zero-order chi connectivity index (χ0) is 14.5. The third kappa shape index (κ3) is 3.48. The number of carbonyl (C=O) groups is 1. The lowest BCUT2D eigenvalue weighted by molar-refractivity contribution is 0.223. The molecule has 0 unspecified atom stereocenters. The minimum atomic E-state index is -0.101. The number of carbonyl (C=O) groups excluding carboxylic acids is 1. The smallest absolute Gasteiger partial charge is 0.324 e. The number of hydrogen-bond acceptors (Lipinski definition) is 2. The van der Waals surface area contributed by atoms with Crippen molar-refractivity contribution in [2.75, 3.05) is 19.0 Å². The van der Waals surface area contributed by atoms with Crippen molar-refractivity contribution < 1.29 is 4.79 Å². The minimum absolute atomic E-state index is 0.101. The summed E-state index contributed by atoms with van der Waals surface area (Å²) in [6.07, 6.45) is 3.46. The van der Waals surface area contributed by atoms with E-state index in [1.54, 1.807) is 43.5 Å². The van der Waals surface area contributed by atoms with Gasteiger partial charge >= 0.3 is 6.03 Å². The van der Waals surface area contributed by atoms with Gasteiger partial charge < -0.3 is 4.90 Å². The number of rotatable bonds is 3. The molecule has 20 heavy (non-hydrogen) atoms. The highest BCUT2D eigenvalue weighted by molar-refractivity contribution is 6.30. The van der Waals surface area contributed by atoms with Crippen molar-refractivity contribution in [1.29, 1.82) is 0 Å². The quantitative estimate of drug-likeness (QED) is 0.868. The molecule has 104 valence electrons. The van der Waals surface area contributed by atoms with Crippen molar-refractivity contribution in [2.24, 2.45) is 0 Å². The summed E-state index contributed by atoms with van der Waals surface area (Å²) in [4.78, 5) is 19.6. The van der Waals surface area contributed by atoms with Crippen LogP contribution in [0.25, 0.3) is 0 Å². The summed E-state index contributed by atoms with van der Waals surface area (Å²) in [5.74, 6) is 0. The molecule has 1 aromatic carbocycles. The predicted molar refractivity (Wildman–Crippen MR) is 81.0 cm³/mol. The van der Waals surface area contributed by atoms with Crippen molar-refractivity contribution in [3.05, 3.63) is 59.4 Å². The molecule has 0 bridgehead atoms. The van der Waals surface area contributed by atoms with Crippen molar-refractivity contribution in [3.63, 3.8) is 0 Å². The average Bonchev–Trinajstić information content (AvgIpc) is 2.45. The molecule has 0 fully saturated rings. The summed E-state index contributed by atoms with van der Waals surface area (Å²) in [5, 5.41) is 0.602. The Morgan fingerprint density at radius 2 is 2.05 bits per heavy atom. The van der Waals surface area contributed by atoms with Gasteiger partial charge in [0.1, 0.15) is 0 Å². The topological polar surface area (TPSA) is 36.4 Å². The summed E-state index contributed by atoms with van der Waals surface area (Å²) in [5.41, 5.74) is 1.72. The van der Waals surface area contributed by atoms with E-state index in [1.165, 1.54) is 4.90 Å². The second kappa shape index (κ2) is 6.39. The molecule has 0 saturated heterocycles. The van der Waals surface area contributed by atoms with E-state index in [0.29, 0.717) is 11.6 Å². The van der Waals surface area contributed by atoms with E-state index in [9.17, 15) is 4.79 Å². The maximum absolute atomic E-state index is 12.3. The predicted octanol–water partition coefficient (Wildman–Crippen LogP) is 3.42. The molecule has 0 spiro atoms. The number of aromatic nitrogens is 1. The number of anilines is 1. The first-order valence-corrected chi connectivity index (χ1v) is 6.59. The summed E-state index contributed by atoms with van der Waals surface area (Å²) in [6.45, 7) is 0.450. The van der Waals surface area contributed by atoms with Crippen LogP contribution in [0.3, 0.4) is 0 Å². The van der Waals surface area contributed by atoms with Gasteiger partial charge in [0.2, 0.25) is 0 Å². The van der Waals surface area contributed by atoms with E-state index in [-0.39, 0.29) is 6.03 Å². The summed E-state index contributed by atoms with van der Waals surface area (Å²) < 4.78 is 0. The Bertz CT molecular complexity index is 587. The maximum atomic E-state index is 12.3. The Hall–Kier alpha value is -2.07. The van der Waals surface area contributed by atoms with Gasteiger partial charge in [-0.2, -0.15) is 0 Å². The van der Waals surface area contributed by atoms with Crippen molar-refractivity contribution in [3.8, 4) is 0 Å². The fourth-order valence-electron chi connectivity index (χ4n) is 1.83. The molecule has 0 aliphatic carbocycles. The molecular weight excluding hydrogens is 274 g/mol. The first-order chi connectivity index (χ1) is 9.58. The van der Waals surface area contributed by atoms with Crippen molar-refractivity contribution >= 4 is 23.3 Å². The third-order valence-corrected chi connectivity index (χ3v) is 3.03. The van der Waals surface area contributed by atoms with E-state index in [1.807, 2.05) is 24.3 Å². The second-order valence-corrected chi connectivity index (χ2v) is 5.04. The largest absolute Gasteiger partial charge is 0.330 e. The van der Waals surface area contributed by atoms with Crippen LogP contribution >= 0.6 is 11.6 Å². The van der Waals surface area contributed by atoms with Crippen LogP contribution in [0.15, 0.2) is 48.8 Å². The molecule has 1 heterocycles. The molecule has 5 heteroatoms. The van der Waals surface area contributed by atoms with Gasteiger partial charge in [-0.15, -0.1) is 0 Å². The first kappa shape index (κ1) is 14.3. The van der Waals surface area contributed by atoms with Gasteiger partial charge in [0.15, 0.2) is 0 Å². The lowest BCUT2D eigenvalue weighted by Crippen LogP contribution is -2.38. The highest BCUT2D eigenvalue weighted by atomic mass is 35.5. The van der Waals surface area contributed by atoms with Crippen LogP contribution in [-0.4, -0.2) is 30.0 Å². The number of hydrogen-bond donors (Lipinski definition) is 0. The third-order valence-electron chi connectivity index (χ3n) is 2.80. The van der Waals surface area contributed by atoms with Crippen LogP contribution in [0.5, 0.6) is 0 Å². The molecule has 4 nitrogen and oxygen atoms in total. The molecule has 0 aliphatic heterocycles. The fraction of sp³-hybridized carbons (Fsp3) is 0.200. The molecule has 0 N–H and O–H groups in total. The summed E-state index contributed by atoms with van der Waals surface area (Å²) in [6, 6.07) is 10.9. The van der Waals surface area contributed by atoms with Gasteiger partial charge in [0, 0.05) is 37.2 Å². The molecule has 1 aromatic heterocycles. The van der Waals surface area contributed by atoms with Crippen LogP contribution in [0, 0.1) is 0 Å². The van der Waals surface area contributed by atoms with Crippen LogP contribution in [0.2, 0.25) is 5.02 Å². The number of nitrogens with zero attached hydrogens (tertiary/aromatic N) is 3. The molecule has 2 amide bonds. The highest BCUT2D eigenvalue weighted by Crippen LogP contribution is 2.22. The van der Waals surface area contributed by atoms with Gasteiger partial charge in [-0.3, -0.25) is 9.88 Å². The number of amides is 2. The first-order valence-electron chi connectivity index (χ1n) is 6.21. The lowest BCUT2D eigenvalue weighted by atomic mass is 10.2. The summed E-state index contributed by atoms with van der Waals surface area (Å²) >= 11 is 6.01. The average molecular weight is 290 g/mol. The van der Waals surface area contributed by atoms with E-state index in [2.05, 4.69) is 4.98 Å². The highest BCUT2D eigenvalue weighted by Gasteiger charge is 2.18.